The summed E-state index contributed by atoms with van der Waals surface area (Å²) < 4.78 is 0. The van der Waals surface area contributed by atoms with Crippen molar-refractivity contribution in [2.75, 3.05) is 0 Å². The van der Waals surface area contributed by atoms with Crippen LogP contribution >= 0.6 is 0 Å². The molecule has 1 aromatic rings. The summed E-state index contributed by atoms with van der Waals surface area (Å²) in [6.07, 6.45) is 4.33. The Morgan fingerprint density at radius 2 is 1.90 bits per heavy atom. The van der Waals surface area contributed by atoms with Gasteiger partial charge in [0.25, 0.3) is 0 Å². The first-order valence-electron chi connectivity index (χ1n) is 8.02. The number of aliphatic carboxylic acids is 1. The van der Waals surface area contributed by atoms with Crippen LogP contribution in [0.3, 0.4) is 0 Å². The third kappa shape index (κ3) is 3.66. The summed E-state index contributed by atoms with van der Waals surface area (Å²) in [5.41, 5.74) is 2.09. The third-order valence-corrected chi connectivity index (χ3v) is 5.25. The van der Waals surface area contributed by atoms with Crippen molar-refractivity contribution in [2.45, 2.75) is 59.8 Å². The van der Waals surface area contributed by atoms with Crippen molar-refractivity contribution >= 4 is 5.97 Å². The van der Waals surface area contributed by atoms with Crippen LogP contribution in [0.4, 0.5) is 0 Å². The molecule has 21 heavy (non-hydrogen) atoms. The summed E-state index contributed by atoms with van der Waals surface area (Å²) in [6.45, 7) is 8.87. The van der Waals surface area contributed by atoms with E-state index in [1.165, 1.54) is 5.56 Å². The Hall–Kier alpha value is -1.31. The molecule has 1 aromatic carbocycles. The largest absolute Gasteiger partial charge is 0.481 e. The Balaban J connectivity index is 2.15. The maximum Gasteiger partial charge on any atom is 0.309 e. The van der Waals surface area contributed by atoms with Gasteiger partial charge in [0.1, 0.15) is 0 Å². The summed E-state index contributed by atoms with van der Waals surface area (Å²) in [5, 5.41) is 9.81. The molecule has 0 unspecified atom stereocenters. The first-order chi connectivity index (χ1) is 9.73. The van der Waals surface area contributed by atoms with Crippen LogP contribution in [0, 0.1) is 23.7 Å². The first-order valence-corrected chi connectivity index (χ1v) is 8.02. The van der Waals surface area contributed by atoms with Gasteiger partial charge in [0.05, 0.1) is 5.41 Å². The number of carbonyl (C=O) groups is 1. The molecule has 0 spiro atoms. The standard InChI is InChI=1S/C19H28O2/c1-14-6-5-7-15(12-14)13-19(17(20)21)10-8-16(9-11-19)18(2,3)4/h5-7,12,16H,8-11,13H2,1-4H3,(H,20,21). The van der Waals surface area contributed by atoms with E-state index in [9.17, 15) is 9.90 Å². The lowest BCUT2D eigenvalue weighted by Crippen LogP contribution is -2.39. The van der Waals surface area contributed by atoms with Crippen molar-refractivity contribution in [3.8, 4) is 0 Å². The van der Waals surface area contributed by atoms with E-state index >= 15 is 0 Å². The lowest BCUT2D eigenvalue weighted by molar-refractivity contribution is -0.152. The zero-order valence-electron chi connectivity index (χ0n) is 13.8. The second-order valence-corrected chi connectivity index (χ2v) is 7.89. The Bertz CT molecular complexity index is 503. The summed E-state index contributed by atoms with van der Waals surface area (Å²) in [7, 11) is 0. The number of hydrogen-bond acceptors (Lipinski definition) is 1. The number of rotatable bonds is 3. The highest BCUT2D eigenvalue weighted by Gasteiger charge is 2.43. The van der Waals surface area contributed by atoms with Crippen molar-refractivity contribution in [2.24, 2.45) is 16.7 Å². The summed E-state index contributed by atoms with van der Waals surface area (Å²) in [6, 6.07) is 8.28. The van der Waals surface area contributed by atoms with Gasteiger partial charge in [0, 0.05) is 0 Å². The molecule has 0 aliphatic heterocycles. The maximum atomic E-state index is 11.9. The van der Waals surface area contributed by atoms with E-state index in [-0.39, 0.29) is 5.41 Å². The van der Waals surface area contributed by atoms with Crippen molar-refractivity contribution in [1.29, 1.82) is 0 Å². The Kier molecular flexibility index (Phi) is 4.46. The molecule has 1 fully saturated rings. The van der Waals surface area contributed by atoms with Gasteiger partial charge in [-0.2, -0.15) is 0 Å². The minimum Gasteiger partial charge on any atom is -0.481 e. The Labute approximate surface area is 128 Å². The molecule has 0 bridgehead atoms. The molecule has 2 nitrogen and oxygen atoms in total. The second-order valence-electron chi connectivity index (χ2n) is 7.89. The molecule has 1 N–H and O–H groups in total. The normalized spacial score (nSPS) is 26.6. The van der Waals surface area contributed by atoms with Crippen LogP contribution in [0.25, 0.3) is 0 Å². The average molecular weight is 288 g/mol. The molecule has 0 atom stereocenters. The molecule has 1 saturated carbocycles. The lowest BCUT2D eigenvalue weighted by Gasteiger charge is -2.42. The predicted octanol–water partition coefficient (Wildman–Crippen LogP) is 4.84. The van der Waals surface area contributed by atoms with Gasteiger partial charge in [0.2, 0.25) is 0 Å². The van der Waals surface area contributed by atoms with E-state index in [4.69, 9.17) is 0 Å². The molecule has 0 aromatic heterocycles. The van der Waals surface area contributed by atoms with Crippen molar-refractivity contribution in [3.63, 3.8) is 0 Å². The molecule has 0 radical (unpaired) electrons. The van der Waals surface area contributed by atoms with Gasteiger partial charge in [-0.1, -0.05) is 50.6 Å². The molecular weight excluding hydrogens is 260 g/mol. The van der Waals surface area contributed by atoms with Crippen LogP contribution in [-0.2, 0) is 11.2 Å². The van der Waals surface area contributed by atoms with Crippen LogP contribution in [-0.4, -0.2) is 11.1 Å². The molecule has 0 saturated heterocycles. The number of carboxylic acids is 1. The highest BCUT2D eigenvalue weighted by atomic mass is 16.4. The fourth-order valence-corrected chi connectivity index (χ4v) is 3.72. The van der Waals surface area contributed by atoms with Gasteiger partial charge >= 0.3 is 5.97 Å². The quantitative estimate of drug-likeness (QED) is 0.863. The summed E-state index contributed by atoms with van der Waals surface area (Å²) >= 11 is 0. The molecule has 116 valence electrons. The van der Waals surface area contributed by atoms with Crippen molar-refractivity contribution < 1.29 is 9.90 Å². The predicted molar refractivity (Wildman–Crippen MR) is 86.4 cm³/mol. The SMILES string of the molecule is Cc1cccc(CC2(C(=O)O)CCC(C(C)(C)C)CC2)c1. The van der Waals surface area contributed by atoms with Crippen LogP contribution < -0.4 is 0 Å². The summed E-state index contributed by atoms with van der Waals surface area (Å²) in [5.74, 6) is 0.0267. The van der Waals surface area contributed by atoms with E-state index in [2.05, 4.69) is 45.9 Å². The second kappa shape index (κ2) is 5.82. The van der Waals surface area contributed by atoms with Gasteiger partial charge in [0.15, 0.2) is 0 Å². The van der Waals surface area contributed by atoms with Crippen LogP contribution in [0.5, 0.6) is 0 Å². The number of hydrogen-bond donors (Lipinski definition) is 1. The van der Waals surface area contributed by atoms with Gasteiger partial charge in [-0.3, -0.25) is 4.79 Å². The smallest absolute Gasteiger partial charge is 0.309 e. The van der Waals surface area contributed by atoms with Crippen molar-refractivity contribution in [1.82, 2.24) is 0 Å². The Morgan fingerprint density at radius 1 is 1.29 bits per heavy atom. The highest BCUT2D eigenvalue weighted by molar-refractivity contribution is 5.75. The zero-order chi connectivity index (χ0) is 15.7. The van der Waals surface area contributed by atoms with Gasteiger partial charge < -0.3 is 5.11 Å². The third-order valence-electron chi connectivity index (χ3n) is 5.25. The van der Waals surface area contributed by atoms with E-state index in [0.29, 0.717) is 12.3 Å². The molecule has 0 heterocycles. The number of carboxylic acid groups (broad SMARTS) is 1. The Morgan fingerprint density at radius 3 is 2.38 bits per heavy atom. The highest BCUT2D eigenvalue weighted by Crippen LogP contribution is 2.47. The lowest BCUT2D eigenvalue weighted by atomic mass is 9.62. The van der Waals surface area contributed by atoms with Gasteiger partial charge in [-0.05, 0) is 55.9 Å². The van der Waals surface area contributed by atoms with E-state index < -0.39 is 11.4 Å². The van der Waals surface area contributed by atoms with Crippen LogP contribution in [0.1, 0.15) is 57.6 Å². The summed E-state index contributed by atoms with van der Waals surface area (Å²) in [4.78, 5) is 11.9. The first kappa shape index (κ1) is 16.1. The molecule has 2 rings (SSSR count). The van der Waals surface area contributed by atoms with Gasteiger partial charge in [-0.15, -0.1) is 0 Å². The zero-order valence-corrected chi connectivity index (χ0v) is 13.8. The fourth-order valence-electron chi connectivity index (χ4n) is 3.72. The average Bonchev–Trinajstić information content (AvgIpc) is 2.38. The monoisotopic (exact) mass is 288 g/mol. The maximum absolute atomic E-state index is 11.9. The minimum atomic E-state index is -0.614. The van der Waals surface area contributed by atoms with E-state index in [1.807, 2.05) is 6.07 Å². The van der Waals surface area contributed by atoms with Crippen molar-refractivity contribution in [3.05, 3.63) is 35.4 Å². The van der Waals surface area contributed by atoms with Gasteiger partial charge in [-0.25, -0.2) is 0 Å². The molecule has 1 aliphatic rings. The number of benzene rings is 1. The molecule has 2 heteroatoms. The molecule has 0 amide bonds. The van der Waals surface area contributed by atoms with Crippen LogP contribution in [0.15, 0.2) is 24.3 Å². The number of aryl methyl sites for hydroxylation is 1. The minimum absolute atomic E-state index is 0.286. The van der Waals surface area contributed by atoms with Crippen LogP contribution in [0.2, 0.25) is 0 Å². The van der Waals surface area contributed by atoms with E-state index in [0.717, 1.165) is 31.2 Å². The fraction of sp³-hybridized carbons (Fsp3) is 0.632. The topological polar surface area (TPSA) is 37.3 Å². The van der Waals surface area contributed by atoms with E-state index in [1.54, 1.807) is 0 Å². The molecule has 1 aliphatic carbocycles. The molecular formula is C19H28O2.